The summed E-state index contributed by atoms with van der Waals surface area (Å²) >= 11 is 3.53. The average Bonchev–Trinajstić information content (AvgIpc) is 3.02. The molecule has 7 heteroatoms. The minimum Gasteiger partial charge on any atom is -0.388 e. The van der Waals surface area contributed by atoms with Crippen LogP contribution in [-0.2, 0) is 23.9 Å². The van der Waals surface area contributed by atoms with Crippen LogP contribution in [0.5, 0.6) is 0 Å². The lowest BCUT2D eigenvalue weighted by molar-refractivity contribution is -0.158. The van der Waals surface area contributed by atoms with Crippen LogP contribution in [-0.4, -0.2) is 45.6 Å². The standard InChI is InChI=1S/C9H15NO3.C5H12O.C5H12.C2H6O.C2H6.CH4S/c1-9(2)4-3-7(5-9)8(12)13-10-6-11;1-5(2,3)6-4;1-5(2,3)4;1-3-2;2*1-2/h6-7H,3-5H2,1-2H3,(H,10,11);1-4H3;1-4H3;1-2H3;1-2H3;2H,1H3. The van der Waals surface area contributed by atoms with Crippen LogP contribution >= 0.6 is 12.6 Å². The number of carbonyl (C=O) groups is 2. The minimum atomic E-state index is -0.322. The smallest absolute Gasteiger partial charge is 0.335 e. The van der Waals surface area contributed by atoms with Gasteiger partial charge >= 0.3 is 5.97 Å². The highest BCUT2D eigenvalue weighted by molar-refractivity contribution is 7.79. The molecule has 192 valence electrons. The van der Waals surface area contributed by atoms with Gasteiger partial charge in [-0.3, -0.25) is 4.79 Å². The summed E-state index contributed by atoms with van der Waals surface area (Å²) in [6.07, 6.45) is 4.78. The lowest BCUT2D eigenvalue weighted by atomic mass is 9.91. The number of rotatable bonds is 3. The van der Waals surface area contributed by atoms with Crippen LogP contribution in [0.15, 0.2) is 0 Å². The second-order valence-corrected chi connectivity index (χ2v) is 9.99. The largest absolute Gasteiger partial charge is 0.388 e. The Morgan fingerprint density at radius 1 is 1.00 bits per heavy atom. The van der Waals surface area contributed by atoms with Crippen molar-refractivity contribution in [2.45, 2.75) is 101 Å². The molecule has 31 heavy (non-hydrogen) atoms. The molecule has 1 aliphatic carbocycles. The van der Waals surface area contributed by atoms with E-state index >= 15 is 0 Å². The van der Waals surface area contributed by atoms with Gasteiger partial charge < -0.3 is 14.3 Å². The second-order valence-electron chi connectivity index (χ2n) is 9.99. The zero-order chi connectivity index (χ0) is 26.3. The Bertz CT molecular complexity index is 382. The summed E-state index contributed by atoms with van der Waals surface area (Å²) in [4.78, 5) is 25.6. The van der Waals surface area contributed by atoms with Gasteiger partial charge in [0.2, 0.25) is 6.41 Å². The first-order chi connectivity index (χ1) is 14.0. The third kappa shape index (κ3) is 48.1. The maximum atomic E-state index is 11.2. The van der Waals surface area contributed by atoms with E-state index in [2.05, 4.69) is 63.7 Å². The highest BCUT2D eigenvalue weighted by Gasteiger charge is 2.36. The normalized spacial score (nSPS) is 15.8. The predicted octanol–water partition coefficient (Wildman–Crippen LogP) is 6.34. The molecular weight excluding hydrogens is 414 g/mol. The lowest BCUT2D eigenvalue weighted by Crippen LogP contribution is -2.24. The van der Waals surface area contributed by atoms with Crippen LogP contribution in [0.25, 0.3) is 0 Å². The van der Waals surface area contributed by atoms with E-state index in [4.69, 9.17) is 4.74 Å². The van der Waals surface area contributed by atoms with Gasteiger partial charge in [0.25, 0.3) is 0 Å². The Kier molecular flexibility index (Phi) is 31.2. The monoisotopic (exact) mass is 469 g/mol. The number of methoxy groups -OCH3 is 2. The molecule has 0 heterocycles. The zero-order valence-corrected chi connectivity index (χ0v) is 24.2. The topological polar surface area (TPSA) is 73.9 Å². The summed E-state index contributed by atoms with van der Waals surface area (Å²) in [5.41, 5.74) is 2.69. The lowest BCUT2D eigenvalue weighted by Gasteiger charge is -2.15. The first-order valence-corrected chi connectivity index (χ1v) is 11.7. The first-order valence-electron chi connectivity index (χ1n) is 10.8. The van der Waals surface area contributed by atoms with Gasteiger partial charge in [-0.25, -0.2) is 4.79 Å². The van der Waals surface area contributed by atoms with E-state index in [1.54, 1.807) is 27.6 Å². The summed E-state index contributed by atoms with van der Waals surface area (Å²) in [6, 6.07) is 0. The number of ether oxygens (including phenoxy) is 2. The Labute approximate surface area is 199 Å². The molecule has 0 aromatic rings. The molecule has 1 aliphatic rings. The van der Waals surface area contributed by atoms with Crippen LogP contribution < -0.4 is 5.48 Å². The number of amides is 1. The van der Waals surface area contributed by atoms with Crippen molar-refractivity contribution in [3.8, 4) is 0 Å². The third-order valence-corrected chi connectivity index (χ3v) is 3.12. The Morgan fingerprint density at radius 2 is 1.32 bits per heavy atom. The summed E-state index contributed by atoms with van der Waals surface area (Å²) in [7, 11) is 4.96. The number of hydroxylamine groups is 1. The summed E-state index contributed by atoms with van der Waals surface area (Å²) in [6.45, 7) is 23.1. The molecule has 0 saturated heterocycles. The molecule has 0 aromatic carbocycles. The molecule has 0 aliphatic heterocycles. The van der Waals surface area contributed by atoms with Gasteiger partial charge in [-0.15, -0.1) is 0 Å². The van der Waals surface area contributed by atoms with E-state index in [0.29, 0.717) is 11.8 Å². The molecule has 1 fully saturated rings. The van der Waals surface area contributed by atoms with Gasteiger partial charge in [0.1, 0.15) is 0 Å². The highest BCUT2D eigenvalue weighted by Crippen LogP contribution is 2.41. The van der Waals surface area contributed by atoms with Gasteiger partial charge in [0, 0.05) is 21.3 Å². The van der Waals surface area contributed by atoms with Gasteiger partial charge in [-0.1, -0.05) is 55.4 Å². The maximum Gasteiger partial charge on any atom is 0.335 e. The Morgan fingerprint density at radius 3 is 1.52 bits per heavy atom. The summed E-state index contributed by atoms with van der Waals surface area (Å²) < 4.78 is 9.19. The molecular formula is C24H55NO5S. The SMILES string of the molecule is CC.CC(C)(C)C.CC1(C)CCC(C(=O)ONC=O)C1.COC.COC(C)(C)C.CS. The molecule has 0 aromatic heterocycles. The molecule has 1 N–H and O–H groups in total. The Hall–Kier alpha value is -0.790. The van der Waals surface area contributed by atoms with Crippen LogP contribution in [0, 0.1) is 16.7 Å². The van der Waals surface area contributed by atoms with Gasteiger partial charge in [0.05, 0.1) is 11.5 Å². The molecule has 1 amide bonds. The van der Waals surface area contributed by atoms with Crippen molar-refractivity contribution in [2.24, 2.45) is 16.7 Å². The van der Waals surface area contributed by atoms with Gasteiger partial charge in [-0.05, 0) is 57.1 Å². The zero-order valence-electron chi connectivity index (χ0n) is 23.3. The molecule has 0 spiro atoms. The van der Waals surface area contributed by atoms with Crippen molar-refractivity contribution in [1.82, 2.24) is 5.48 Å². The van der Waals surface area contributed by atoms with E-state index < -0.39 is 0 Å². The summed E-state index contributed by atoms with van der Waals surface area (Å²) in [5, 5.41) is 0. The van der Waals surface area contributed by atoms with Crippen molar-refractivity contribution < 1.29 is 23.9 Å². The van der Waals surface area contributed by atoms with E-state index in [1.165, 1.54) is 0 Å². The van der Waals surface area contributed by atoms with Crippen molar-refractivity contribution in [3.05, 3.63) is 0 Å². The van der Waals surface area contributed by atoms with Crippen molar-refractivity contribution in [1.29, 1.82) is 0 Å². The number of carbonyl (C=O) groups excluding carboxylic acids is 2. The maximum absolute atomic E-state index is 11.2. The van der Waals surface area contributed by atoms with E-state index in [0.717, 1.165) is 19.3 Å². The van der Waals surface area contributed by atoms with Gasteiger partial charge in [-0.2, -0.15) is 18.1 Å². The first kappa shape index (κ1) is 40.6. The molecule has 1 saturated carbocycles. The highest BCUT2D eigenvalue weighted by atomic mass is 32.1. The minimum absolute atomic E-state index is 0.0417. The molecule has 6 nitrogen and oxygen atoms in total. The van der Waals surface area contributed by atoms with E-state index in [1.807, 2.05) is 40.1 Å². The predicted molar refractivity (Wildman–Crippen MR) is 137 cm³/mol. The number of thiol groups is 1. The van der Waals surface area contributed by atoms with Crippen molar-refractivity contribution in [3.63, 3.8) is 0 Å². The van der Waals surface area contributed by atoms with Crippen LogP contribution in [0.1, 0.15) is 95.4 Å². The fourth-order valence-corrected chi connectivity index (χ4v) is 1.80. The number of hydrogen-bond donors (Lipinski definition) is 2. The van der Waals surface area contributed by atoms with Gasteiger partial charge in [0.15, 0.2) is 0 Å². The fourth-order valence-electron chi connectivity index (χ4n) is 1.80. The molecule has 1 unspecified atom stereocenters. The Balaban J connectivity index is -0.000000105. The molecule has 1 rings (SSSR count). The van der Waals surface area contributed by atoms with E-state index in [-0.39, 0.29) is 22.9 Å². The summed E-state index contributed by atoms with van der Waals surface area (Å²) in [5.74, 6) is -0.375. The fraction of sp³-hybridized carbons (Fsp3) is 0.917. The number of hydrogen-bond acceptors (Lipinski definition) is 6. The third-order valence-electron chi connectivity index (χ3n) is 3.12. The van der Waals surface area contributed by atoms with E-state index in [9.17, 15) is 9.59 Å². The molecule has 0 bridgehead atoms. The quantitative estimate of drug-likeness (QED) is 0.287. The molecule has 0 radical (unpaired) electrons. The van der Waals surface area contributed by atoms with Crippen molar-refractivity contribution in [2.75, 3.05) is 27.6 Å². The second kappa shape index (κ2) is 23.9. The average molecular weight is 470 g/mol. The van der Waals surface area contributed by atoms with Crippen LogP contribution in [0.4, 0.5) is 0 Å². The van der Waals surface area contributed by atoms with Crippen LogP contribution in [0.2, 0.25) is 0 Å². The molecule has 1 atom stereocenters. The number of nitrogens with one attached hydrogen (secondary N) is 1. The van der Waals surface area contributed by atoms with Crippen LogP contribution in [0.3, 0.4) is 0 Å². The van der Waals surface area contributed by atoms with Crippen molar-refractivity contribution >= 4 is 25.0 Å².